The molecule has 1 heterocycles. The first-order valence-corrected chi connectivity index (χ1v) is 9.52. The number of halogens is 1. The van der Waals surface area contributed by atoms with E-state index in [4.69, 9.17) is 17.3 Å². The summed E-state index contributed by atoms with van der Waals surface area (Å²) in [5.74, 6) is -0.490. The number of benzene rings is 1. The largest absolute Gasteiger partial charge is 0.365 e. The lowest BCUT2D eigenvalue weighted by molar-refractivity contribution is 0.100. The smallest absolute Gasteiger partial charge is 0.324 e. The number of rotatable bonds is 3. The Balaban J connectivity index is 1.82. The molecule has 0 saturated heterocycles. The van der Waals surface area contributed by atoms with Crippen molar-refractivity contribution in [2.24, 2.45) is 5.73 Å². The number of urea groups is 1. The fourth-order valence-electron chi connectivity index (χ4n) is 3.10. The summed E-state index contributed by atoms with van der Waals surface area (Å²) < 4.78 is 0. The van der Waals surface area contributed by atoms with E-state index < -0.39 is 11.9 Å². The fraction of sp³-hybridized carbons (Fsp3) is 0.333. The summed E-state index contributed by atoms with van der Waals surface area (Å²) in [6.07, 6.45) is 6.25. The summed E-state index contributed by atoms with van der Waals surface area (Å²) in [7, 11) is 0. The first-order valence-electron chi connectivity index (χ1n) is 8.32. The maximum Gasteiger partial charge on any atom is 0.324 e. The van der Waals surface area contributed by atoms with Crippen LogP contribution in [0.1, 0.15) is 46.5 Å². The number of nitrogens with one attached hydrogen (secondary N) is 2. The van der Waals surface area contributed by atoms with E-state index in [2.05, 4.69) is 10.6 Å². The van der Waals surface area contributed by atoms with Crippen molar-refractivity contribution >= 4 is 45.6 Å². The molecule has 1 aliphatic rings. The standard InChI is InChI=1S/C18H20ClN3O2S/c19-11-6-5-7-12(10-11)21-18(24)22-17-15(16(20)23)13-8-3-1-2-4-9-14(13)25-17/h5-7,10H,1-4,8-9H2,(H2,20,23)(H2,21,22,24). The Morgan fingerprint density at radius 3 is 2.56 bits per heavy atom. The lowest BCUT2D eigenvalue weighted by atomic mass is 9.96. The second kappa shape index (κ2) is 7.89. The molecule has 0 fully saturated rings. The molecule has 0 spiro atoms. The number of nitrogens with two attached hydrogens (primary N) is 1. The fourth-order valence-corrected chi connectivity index (χ4v) is 4.58. The predicted molar refractivity (Wildman–Crippen MR) is 103 cm³/mol. The number of thiophene rings is 1. The van der Waals surface area contributed by atoms with Gasteiger partial charge >= 0.3 is 6.03 Å². The molecule has 0 saturated carbocycles. The third-order valence-corrected chi connectivity index (χ3v) is 5.67. The van der Waals surface area contributed by atoms with Crippen molar-refractivity contribution in [2.45, 2.75) is 38.5 Å². The van der Waals surface area contributed by atoms with Gasteiger partial charge in [0.05, 0.1) is 5.56 Å². The molecule has 5 nitrogen and oxygen atoms in total. The average Bonchev–Trinajstić information content (AvgIpc) is 2.84. The molecule has 132 valence electrons. The second-order valence-electron chi connectivity index (χ2n) is 6.08. The Kier molecular flexibility index (Phi) is 5.60. The first-order chi connectivity index (χ1) is 12.0. The Bertz CT molecular complexity index is 804. The molecular formula is C18H20ClN3O2S. The second-order valence-corrected chi connectivity index (χ2v) is 7.62. The summed E-state index contributed by atoms with van der Waals surface area (Å²) in [4.78, 5) is 25.4. The number of hydrogen-bond donors (Lipinski definition) is 3. The summed E-state index contributed by atoms with van der Waals surface area (Å²) in [6, 6.07) is 6.47. The molecule has 0 radical (unpaired) electrons. The van der Waals surface area contributed by atoms with Gasteiger partial charge in [0.25, 0.3) is 5.91 Å². The number of primary amides is 1. The summed E-state index contributed by atoms with van der Waals surface area (Å²) in [5.41, 5.74) is 7.65. The van der Waals surface area contributed by atoms with Gasteiger partial charge in [-0.15, -0.1) is 11.3 Å². The van der Waals surface area contributed by atoms with Gasteiger partial charge in [0, 0.05) is 15.6 Å². The zero-order chi connectivity index (χ0) is 17.8. The maximum atomic E-state index is 12.3. The van der Waals surface area contributed by atoms with Crippen molar-refractivity contribution in [3.8, 4) is 0 Å². The molecule has 1 aliphatic carbocycles. The van der Waals surface area contributed by atoms with Crippen LogP contribution >= 0.6 is 22.9 Å². The monoisotopic (exact) mass is 377 g/mol. The van der Waals surface area contributed by atoms with Gasteiger partial charge in [-0.25, -0.2) is 4.79 Å². The van der Waals surface area contributed by atoms with E-state index in [0.29, 0.717) is 21.3 Å². The molecule has 0 aliphatic heterocycles. The van der Waals surface area contributed by atoms with Crippen molar-refractivity contribution in [3.05, 3.63) is 45.3 Å². The number of amides is 3. The van der Waals surface area contributed by atoms with Gasteiger partial charge in [-0.3, -0.25) is 10.1 Å². The van der Waals surface area contributed by atoms with Gasteiger partial charge in [-0.05, 0) is 49.4 Å². The van der Waals surface area contributed by atoms with Gasteiger partial charge in [0.1, 0.15) is 5.00 Å². The van der Waals surface area contributed by atoms with Gasteiger partial charge in [-0.2, -0.15) is 0 Å². The quantitative estimate of drug-likeness (QED) is 0.717. The molecular weight excluding hydrogens is 358 g/mol. The highest BCUT2D eigenvalue weighted by atomic mass is 35.5. The van der Waals surface area contributed by atoms with E-state index in [1.807, 2.05) is 0 Å². The molecule has 7 heteroatoms. The van der Waals surface area contributed by atoms with E-state index in [1.54, 1.807) is 24.3 Å². The van der Waals surface area contributed by atoms with E-state index in [-0.39, 0.29) is 0 Å². The van der Waals surface area contributed by atoms with Crippen molar-refractivity contribution < 1.29 is 9.59 Å². The van der Waals surface area contributed by atoms with E-state index in [9.17, 15) is 9.59 Å². The highest BCUT2D eigenvalue weighted by Crippen LogP contribution is 2.36. The number of carbonyl (C=O) groups is 2. The molecule has 0 atom stereocenters. The molecule has 4 N–H and O–H groups in total. The zero-order valence-electron chi connectivity index (χ0n) is 13.7. The van der Waals surface area contributed by atoms with Crippen LogP contribution in [0.25, 0.3) is 0 Å². The molecule has 1 aromatic carbocycles. The maximum absolute atomic E-state index is 12.3. The minimum absolute atomic E-state index is 0.418. The molecule has 1 aromatic heterocycles. The van der Waals surface area contributed by atoms with Crippen LogP contribution in [0.3, 0.4) is 0 Å². The molecule has 2 aromatic rings. The number of hydrogen-bond acceptors (Lipinski definition) is 3. The Labute approximate surface area is 155 Å². The minimum atomic E-state index is -0.490. The molecule has 25 heavy (non-hydrogen) atoms. The topological polar surface area (TPSA) is 84.2 Å². The third kappa shape index (κ3) is 4.32. The van der Waals surface area contributed by atoms with Crippen molar-refractivity contribution in [3.63, 3.8) is 0 Å². The van der Waals surface area contributed by atoms with E-state index in [1.165, 1.54) is 17.8 Å². The van der Waals surface area contributed by atoms with Crippen molar-refractivity contribution in [1.29, 1.82) is 0 Å². The number of fused-ring (bicyclic) bond motifs is 1. The highest BCUT2D eigenvalue weighted by Gasteiger charge is 2.23. The average molecular weight is 378 g/mol. The Morgan fingerprint density at radius 2 is 1.84 bits per heavy atom. The third-order valence-electron chi connectivity index (χ3n) is 4.23. The van der Waals surface area contributed by atoms with Crippen LogP contribution in [0.15, 0.2) is 24.3 Å². The molecule has 3 rings (SSSR count). The number of aryl methyl sites for hydroxylation is 1. The van der Waals surface area contributed by atoms with Crippen LogP contribution in [-0.2, 0) is 12.8 Å². The Hall–Kier alpha value is -2.05. The molecule has 0 unspecified atom stereocenters. The van der Waals surface area contributed by atoms with E-state index >= 15 is 0 Å². The first kappa shape index (κ1) is 17.8. The van der Waals surface area contributed by atoms with Gasteiger partial charge in [0.15, 0.2) is 0 Å². The summed E-state index contributed by atoms with van der Waals surface area (Å²) >= 11 is 7.38. The SMILES string of the molecule is NC(=O)c1c(NC(=O)Nc2cccc(Cl)c2)sc2c1CCCCCC2. The number of carbonyl (C=O) groups excluding carboxylic acids is 2. The minimum Gasteiger partial charge on any atom is -0.365 e. The lowest BCUT2D eigenvalue weighted by Crippen LogP contribution is -2.22. The van der Waals surface area contributed by atoms with Crippen LogP contribution in [0.2, 0.25) is 5.02 Å². The van der Waals surface area contributed by atoms with Crippen LogP contribution in [-0.4, -0.2) is 11.9 Å². The predicted octanol–water partition coefficient (Wildman–Crippen LogP) is 4.80. The normalized spacial score (nSPS) is 14.1. The van der Waals surface area contributed by atoms with E-state index in [0.717, 1.165) is 42.5 Å². The number of anilines is 2. The lowest BCUT2D eigenvalue weighted by Gasteiger charge is -2.10. The molecule has 3 amide bonds. The summed E-state index contributed by atoms with van der Waals surface area (Å²) in [6.45, 7) is 0. The van der Waals surface area contributed by atoms with Crippen LogP contribution in [0, 0.1) is 0 Å². The van der Waals surface area contributed by atoms with Gasteiger partial charge in [0.2, 0.25) is 0 Å². The van der Waals surface area contributed by atoms with Crippen molar-refractivity contribution in [2.75, 3.05) is 10.6 Å². The highest BCUT2D eigenvalue weighted by molar-refractivity contribution is 7.17. The van der Waals surface area contributed by atoms with Crippen LogP contribution in [0.4, 0.5) is 15.5 Å². The summed E-state index contributed by atoms with van der Waals surface area (Å²) in [5, 5.41) is 6.57. The zero-order valence-corrected chi connectivity index (χ0v) is 15.3. The van der Waals surface area contributed by atoms with Crippen LogP contribution in [0.5, 0.6) is 0 Å². The van der Waals surface area contributed by atoms with Gasteiger partial charge < -0.3 is 11.1 Å². The molecule has 0 bridgehead atoms. The van der Waals surface area contributed by atoms with Gasteiger partial charge in [-0.1, -0.05) is 30.5 Å². The van der Waals surface area contributed by atoms with Crippen LogP contribution < -0.4 is 16.4 Å². The van der Waals surface area contributed by atoms with Crippen molar-refractivity contribution in [1.82, 2.24) is 0 Å². The Morgan fingerprint density at radius 1 is 1.08 bits per heavy atom.